The predicted octanol–water partition coefficient (Wildman–Crippen LogP) is 2.16. The molecule has 0 saturated carbocycles. The number of nitrogens with zero attached hydrogens (tertiary/aromatic N) is 2. The van der Waals surface area contributed by atoms with Gasteiger partial charge >= 0.3 is 0 Å². The van der Waals surface area contributed by atoms with Crippen LogP contribution in [0.4, 0.5) is 0 Å². The minimum atomic E-state index is -0.618. The van der Waals surface area contributed by atoms with Gasteiger partial charge in [0.05, 0.1) is 87.7 Å². The number of rotatable bonds is 23. The lowest BCUT2D eigenvalue weighted by molar-refractivity contribution is -0.128. The number of carbonyl (C=O) groups is 2. The maximum Gasteiger partial charge on any atom is 0.246 e. The van der Waals surface area contributed by atoms with E-state index >= 15 is 0 Å². The Morgan fingerprint density at radius 1 is 0.980 bits per heavy atom. The summed E-state index contributed by atoms with van der Waals surface area (Å²) >= 11 is 1.61. The number of thiazole rings is 1. The third-order valence-electron chi connectivity index (χ3n) is 7.89. The second-order valence-corrected chi connectivity index (χ2v) is 13.7. The van der Waals surface area contributed by atoms with Crippen LogP contribution in [0, 0.1) is 12.3 Å². The number of ether oxygens (including phenoxy) is 5. The van der Waals surface area contributed by atoms with E-state index in [9.17, 15) is 14.7 Å². The van der Waals surface area contributed by atoms with Crippen LogP contribution in [0.2, 0.25) is 0 Å². The molecule has 1 aliphatic rings. The van der Waals surface area contributed by atoms with Gasteiger partial charge in [-0.3, -0.25) is 14.5 Å². The summed E-state index contributed by atoms with van der Waals surface area (Å²) in [5, 5.41) is 16.6. The van der Waals surface area contributed by atoms with Crippen molar-refractivity contribution in [1.82, 2.24) is 20.5 Å². The van der Waals surface area contributed by atoms with Crippen molar-refractivity contribution in [2.24, 2.45) is 11.1 Å². The van der Waals surface area contributed by atoms with E-state index in [0.717, 1.165) is 21.7 Å². The Bertz CT molecular complexity index is 1220. The monoisotopic (exact) mass is 729 g/mol. The molecule has 1 aromatic heterocycles. The summed E-state index contributed by atoms with van der Waals surface area (Å²) in [6.07, 6.45) is -0.277. The summed E-state index contributed by atoms with van der Waals surface area (Å²) in [5.41, 5.74) is 9.98. The van der Waals surface area contributed by atoms with E-state index in [0.29, 0.717) is 85.5 Å². The first kappa shape index (κ1) is 42.9. The molecule has 0 bridgehead atoms. The van der Waals surface area contributed by atoms with Crippen LogP contribution in [0.3, 0.4) is 0 Å². The number of amides is 2. The number of aliphatic hydroxyl groups excluding tert-OH is 1. The fourth-order valence-electron chi connectivity index (χ4n) is 5.15. The Morgan fingerprint density at radius 2 is 1.55 bits per heavy atom. The standard InChI is InChI=1S/C34H55N5O8S.ClH/c1-25-32(48-24-37-25)27-7-5-26(6-8-27)20-36-33(42)29-19-28(40)21-39(29)22-30(34(2,3)4)38-31(41)23-47-18-17-46-16-15-45-14-13-44-12-11-43-10-9-35;/h5-8,24,28-30,40H,9-23,35H2,1-4H3,(H,36,42)(H,38,41);1H/t28-,29+,30-;/m1./s1. The Balaban J connectivity index is 0.00000833. The molecule has 0 spiro atoms. The van der Waals surface area contributed by atoms with E-state index in [1.54, 1.807) is 11.3 Å². The SMILES string of the molecule is Cc1ncsc1-c1ccc(CNC(=O)[C@@H]2C[C@@H](O)CN2C[C@@H](NC(=O)COCCOCCOCCOCCOCCN)C(C)(C)C)cc1.Cl. The Labute approximate surface area is 301 Å². The number of nitrogens with one attached hydrogen (secondary N) is 2. The number of aromatic nitrogens is 1. The highest BCUT2D eigenvalue weighted by Crippen LogP contribution is 2.28. The van der Waals surface area contributed by atoms with Crippen molar-refractivity contribution < 1.29 is 38.4 Å². The number of benzene rings is 1. The van der Waals surface area contributed by atoms with E-state index in [4.69, 9.17) is 29.4 Å². The molecule has 49 heavy (non-hydrogen) atoms. The van der Waals surface area contributed by atoms with Crippen molar-refractivity contribution >= 4 is 35.6 Å². The molecule has 2 heterocycles. The molecular formula is C34H56ClN5O8S. The van der Waals surface area contributed by atoms with Crippen molar-refractivity contribution in [3.63, 3.8) is 0 Å². The first-order valence-electron chi connectivity index (χ1n) is 16.7. The summed E-state index contributed by atoms with van der Waals surface area (Å²) in [5.74, 6) is -0.386. The highest BCUT2D eigenvalue weighted by molar-refractivity contribution is 7.13. The molecule has 1 aromatic carbocycles. The van der Waals surface area contributed by atoms with Gasteiger partial charge in [0, 0.05) is 32.2 Å². The normalized spacial score (nSPS) is 17.1. The number of likely N-dealkylation sites (tertiary alicyclic amines) is 1. The van der Waals surface area contributed by atoms with Crippen LogP contribution in [-0.4, -0.2) is 131 Å². The number of aryl methyl sites for hydroxylation is 1. The summed E-state index contributed by atoms with van der Waals surface area (Å²) < 4.78 is 27.1. The maximum absolute atomic E-state index is 13.3. The second-order valence-electron chi connectivity index (χ2n) is 12.8. The van der Waals surface area contributed by atoms with E-state index < -0.39 is 12.1 Å². The van der Waals surface area contributed by atoms with Gasteiger partial charge in [-0.05, 0) is 29.9 Å². The van der Waals surface area contributed by atoms with Crippen LogP contribution in [0.25, 0.3) is 10.4 Å². The molecule has 0 unspecified atom stereocenters. The van der Waals surface area contributed by atoms with Crippen molar-refractivity contribution in [2.45, 2.75) is 58.8 Å². The highest BCUT2D eigenvalue weighted by Gasteiger charge is 2.39. The quantitative estimate of drug-likeness (QED) is 0.124. The third-order valence-corrected chi connectivity index (χ3v) is 8.87. The second kappa shape index (κ2) is 23.3. The summed E-state index contributed by atoms with van der Waals surface area (Å²) in [4.78, 5) is 33.5. The van der Waals surface area contributed by atoms with E-state index in [1.165, 1.54) is 0 Å². The Kier molecular flexibility index (Phi) is 20.4. The van der Waals surface area contributed by atoms with Gasteiger partial charge in [-0.25, -0.2) is 4.98 Å². The van der Waals surface area contributed by atoms with Crippen LogP contribution in [0.5, 0.6) is 0 Å². The molecule has 3 rings (SSSR count). The van der Waals surface area contributed by atoms with Gasteiger partial charge in [-0.15, -0.1) is 23.7 Å². The van der Waals surface area contributed by atoms with Crippen molar-refractivity contribution in [3.8, 4) is 10.4 Å². The van der Waals surface area contributed by atoms with Gasteiger partial charge in [-0.2, -0.15) is 0 Å². The van der Waals surface area contributed by atoms with E-state index in [1.807, 2.05) is 62.4 Å². The molecule has 2 aromatic rings. The first-order valence-corrected chi connectivity index (χ1v) is 17.5. The topological polar surface area (TPSA) is 167 Å². The summed E-state index contributed by atoms with van der Waals surface area (Å²) in [6.45, 7) is 13.6. The smallest absolute Gasteiger partial charge is 0.246 e. The highest BCUT2D eigenvalue weighted by atomic mass is 35.5. The zero-order valence-electron chi connectivity index (χ0n) is 29.3. The molecule has 13 nitrogen and oxygen atoms in total. The van der Waals surface area contributed by atoms with Crippen molar-refractivity contribution in [1.29, 1.82) is 0 Å². The zero-order valence-corrected chi connectivity index (χ0v) is 31.0. The predicted molar refractivity (Wildman–Crippen MR) is 192 cm³/mol. The van der Waals surface area contributed by atoms with Gasteiger partial charge in [0.2, 0.25) is 11.8 Å². The summed E-state index contributed by atoms with van der Waals surface area (Å²) in [6, 6.07) is 7.33. The minimum Gasteiger partial charge on any atom is -0.392 e. The van der Waals surface area contributed by atoms with Crippen molar-refractivity contribution in [3.05, 3.63) is 41.0 Å². The molecule has 1 fully saturated rings. The van der Waals surface area contributed by atoms with Crippen LogP contribution >= 0.6 is 23.7 Å². The van der Waals surface area contributed by atoms with Crippen molar-refractivity contribution in [2.75, 3.05) is 85.7 Å². The number of hydrogen-bond acceptors (Lipinski definition) is 12. The minimum absolute atomic E-state index is 0. The fourth-order valence-corrected chi connectivity index (χ4v) is 5.96. The van der Waals surface area contributed by atoms with Gasteiger partial charge in [0.25, 0.3) is 0 Å². The molecule has 15 heteroatoms. The number of nitrogens with two attached hydrogens (primary N) is 1. The molecule has 0 radical (unpaired) electrons. The Hall–Kier alpha value is -2.24. The molecular weight excluding hydrogens is 674 g/mol. The molecule has 1 aliphatic heterocycles. The lowest BCUT2D eigenvalue weighted by atomic mass is 9.86. The van der Waals surface area contributed by atoms with Crippen LogP contribution in [0.1, 0.15) is 38.4 Å². The van der Waals surface area contributed by atoms with Gasteiger partial charge in [0.1, 0.15) is 6.61 Å². The van der Waals surface area contributed by atoms with E-state index in [-0.39, 0.29) is 48.9 Å². The summed E-state index contributed by atoms with van der Waals surface area (Å²) in [7, 11) is 0. The number of aliphatic hydroxyl groups is 1. The lowest BCUT2D eigenvalue weighted by Gasteiger charge is -2.36. The first-order chi connectivity index (χ1) is 23.1. The number of hydrogen-bond donors (Lipinski definition) is 4. The van der Waals surface area contributed by atoms with Gasteiger partial charge in [0.15, 0.2) is 0 Å². The average Bonchev–Trinajstić information content (AvgIpc) is 3.65. The molecule has 0 aliphatic carbocycles. The van der Waals surface area contributed by atoms with Gasteiger partial charge in [-0.1, -0.05) is 45.0 Å². The lowest BCUT2D eigenvalue weighted by Crippen LogP contribution is -2.54. The molecule has 5 N–H and O–H groups in total. The van der Waals surface area contributed by atoms with Crippen LogP contribution in [0.15, 0.2) is 29.8 Å². The maximum atomic E-state index is 13.3. The number of β-amino-alcohol motifs (C(OH)–C–C–N with tert-alkyl or cyclic N) is 1. The average molecular weight is 730 g/mol. The third kappa shape index (κ3) is 16.1. The molecule has 3 atom stereocenters. The molecule has 1 saturated heterocycles. The molecule has 2 amide bonds. The number of carbonyl (C=O) groups excluding carboxylic acids is 2. The van der Waals surface area contributed by atoms with Crippen LogP contribution in [-0.2, 0) is 39.8 Å². The zero-order chi connectivity index (χ0) is 34.8. The molecule has 278 valence electrons. The number of halogens is 1. The fraction of sp³-hybridized carbons (Fsp3) is 0.676. The van der Waals surface area contributed by atoms with Crippen LogP contribution < -0.4 is 16.4 Å². The Morgan fingerprint density at radius 3 is 2.08 bits per heavy atom. The largest absolute Gasteiger partial charge is 0.392 e. The van der Waals surface area contributed by atoms with E-state index in [2.05, 4.69) is 15.6 Å². The van der Waals surface area contributed by atoms with Gasteiger partial charge < -0.3 is 45.2 Å².